The molecular formula is C16H19N3O2. The molecule has 1 fully saturated rings. The van der Waals surface area contributed by atoms with Crippen LogP contribution in [0.5, 0.6) is 0 Å². The Kier molecular flexibility index (Phi) is 4.31. The molecule has 0 atom stereocenters. The molecule has 110 valence electrons. The number of hydrogen-bond donors (Lipinski definition) is 1. The van der Waals surface area contributed by atoms with Gasteiger partial charge in [-0.05, 0) is 18.4 Å². The van der Waals surface area contributed by atoms with Crippen molar-refractivity contribution in [3.8, 4) is 0 Å². The Balaban J connectivity index is 1.57. The third-order valence-electron chi connectivity index (χ3n) is 3.66. The number of nitrogens with zero attached hydrogens (tertiary/aromatic N) is 2. The van der Waals surface area contributed by atoms with Crippen molar-refractivity contribution in [2.75, 3.05) is 18.5 Å². The van der Waals surface area contributed by atoms with Crippen molar-refractivity contribution in [3.05, 3.63) is 48.3 Å². The zero-order valence-electron chi connectivity index (χ0n) is 11.9. The maximum atomic E-state index is 12.0. The first-order chi connectivity index (χ1) is 10.3. The second kappa shape index (κ2) is 6.54. The summed E-state index contributed by atoms with van der Waals surface area (Å²) in [5, 5.41) is 7.24. The number of amides is 1. The SMILES string of the molecule is O=C(Cc1ccccc1)Nc1cnn(C2CCOCC2)c1. The number of anilines is 1. The monoisotopic (exact) mass is 285 g/mol. The normalized spacial score (nSPS) is 15.8. The number of benzene rings is 1. The Bertz CT molecular complexity index is 589. The van der Waals surface area contributed by atoms with Gasteiger partial charge in [0, 0.05) is 19.4 Å². The number of hydrogen-bond acceptors (Lipinski definition) is 3. The van der Waals surface area contributed by atoms with Crippen molar-refractivity contribution >= 4 is 11.6 Å². The first kappa shape index (κ1) is 13.8. The maximum absolute atomic E-state index is 12.0. The van der Waals surface area contributed by atoms with Crippen LogP contribution in [0, 0.1) is 0 Å². The summed E-state index contributed by atoms with van der Waals surface area (Å²) in [6.07, 6.45) is 5.93. The fourth-order valence-electron chi connectivity index (χ4n) is 2.54. The number of nitrogens with one attached hydrogen (secondary N) is 1. The fourth-order valence-corrected chi connectivity index (χ4v) is 2.54. The highest BCUT2D eigenvalue weighted by Crippen LogP contribution is 2.21. The molecule has 0 bridgehead atoms. The Morgan fingerprint density at radius 3 is 2.81 bits per heavy atom. The van der Waals surface area contributed by atoms with E-state index in [0.717, 1.165) is 37.3 Å². The van der Waals surface area contributed by atoms with Crippen molar-refractivity contribution in [2.24, 2.45) is 0 Å². The molecule has 3 rings (SSSR count). The van der Waals surface area contributed by atoms with E-state index >= 15 is 0 Å². The zero-order valence-corrected chi connectivity index (χ0v) is 11.9. The molecule has 1 aliphatic rings. The number of ether oxygens (including phenoxy) is 1. The topological polar surface area (TPSA) is 56.2 Å². The lowest BCUT2D eigenvalue weighted by Crippen LogP contribution is -2.20. The molecule has 2 heterocycles. The summed E-state index contributed by atoms with van der Waals surface area (Å²) >= 11 is 0. The molecule has 0 unspecified atom stereocenters. The summed E-state index contributed by atoms with van der Waals surface area (Å²) in [5.74, 6) is -0.0206. The minimum absolute atomic E-state index is 0.0206. The van der Waals surface area contributed by atoms with E-state index < -0.39 is 0 Å². The van der Waals surface area contributed by atoms with Crippen molar-refractivity contribution < 1.29 is 9.53 Å². The van der Waals surface area contributed by atoms with Gasteiger partial charge in [-0.2, -0.15) is 5.10 Å². The summed E-state index contributed by atoms with van der Waals surface area (Å²) in [6, 6.07) is 10.1. The molecule has 1 N–H and O–H groups in total. The van der Waals surface area contributed by atoms with E-state index in [4.69, 9.17) is 4.74 Å². The summed E-state index contributed by atoms with van der Waals surface area (Å²) in [6.45, 7) is 1.56. The number of carbonyl (C=O) groups excluding carboxylic acids is 1. The lowest BCUT2D eigenvalue weighted by atomic mass is 10.1. The second-order valence-corrected chi connectivity index (χ2v) is 5.26. The van der Waals surface area contributed by atoms with Gasteiger partial charge in [-0.15, -0.1) is 0 Å². The Hall–Kier alpha value is -2.14. The van der Waals surface area contributed by atoms with Crippen LogP contribution in [0.25, 0.3) is 0 Å². The summed E-state index contributed by atoms with van der Waals surface area (Å²) in [5.41, 5.74) is 1.76. The molecule has 0 radical (unpaired) electrons. The number of rotatable bonds is 4. The first-order valence-electron chi connectivity index (χ1n) is 7.27. The van der Waals surface area contributed by atoms with Crippen molar-refractivity contribution in [2.45, 2.75) is 25.3 Å². The van der Waals surface area contributed by atoms with Crippen LogP contribution < -0.4 is 5.32 Å². The smallest absolute Gasteiger partial charge is 0.228 e. The van der Waals surface area contributed by atoms with Gasteiger partial charge in [0.25, 0.3) is 0 Å². The molecule has 0 aliphatic carbocycles. The minimum atomic E-state index is -0.0206. The van der Waals surface area contributed by atoms with E-state index in [1.807, 2.05) is 41.2 Å². The predicted molar refractivity (Wildman–Crippen MR) is 80.1 cm³/mol. The van der Waals surface area contributed by atoms with E-state index in [1.165, 1.54) is 0 Å². The molecule has 5 heteroatoms. The highest BCUT2D eigenvalue weighted by Gasteiger charge is 2.16. The van der Waals surface area contributed by atoms with Crippen molar-refractivity contribution in [3.63, 3.8) is 0 Å². The third-order valence-corrected chi connectivity index (χ3v) is 3.66. The van der Waals surface area contributed by atoms with E-state index in [-0.39, 0.29) is 5.91 Å². The highest BCUT2D eigenvalue weighted by atomic mass is 16.5. The third kappa shape index (κ3) is 3.70. The quantitative estimate of drug-likeness (QED) is 0.938. The lowest BCUT2D eigenvalue weighted by Gasteiger charge is -2.22. The largest absolute Gasteiger partial charge is 0.381 e. The molecule has 1 aliphatic heterocycles. The fraction of sp³-hybridized carbons (Fsp3) is 0.375. The standard InChI is InChI=1S/C16H19N3O2/c20-16(10-13-4-2-1-3-5-13)18-14-11-17-19(12-14)15-6-8-21-9-7-15/h1-5,11-12,15H,6-10H2,(H,18,20). The van der Waals surface area contributed by atoms with Gasteiger partial charge in [0.15, 0.2) is 0 Å². The minimum Gasteiger partial charge on any atom is -0.381 e. The molecule has 1 aromatic heterocycles. The lowest BCUT2D eigenvalue weighted by molar-refractivity contribution is -0.115. The first-order valence-corrected chi connectivity index (χ1v) is 7.27. The molecule has 21 heavy (non-hydrogen) atoms. The van der Waals surface area contributed by atoms with Crippen LogP contribution in [0.15, 0.2) is 42.7 Å². The molecular weight excluding hydrogens is 266 g/mol. The zero-order chi connectivity index (χ0) is 14.5. The number of carbonyl (C=O) groups is 1. The highest BCUT2D eigenvalue weighted by molar-refractivity contribution is 5.91. The van der Waals surface area contributed by atoms with E-state index in [2.05, 4.69) is 10.4 Å². The van der Waals surface area contributed by atoms with E-state index in [1.54, 1.807) is 6.20 Å². The van der Waals surface area contributed by atoms with Crippen LogP contribution in [0.4, 0.5) is 5.69 Å². The van der Waals surface area contributed by atoms with Gasteiger partial charge >= 0.3 is 0 Å². The molecule has 1 saturated heterocycles. The van der Waals surface area contributed by atoms with Gasteiger partial charge in [-0.25, -0.2) is 0 Å². The maximum Gasteiger partial charge on any atom is 0.228 e. The van der Waals surface area contributed by atoms with Crippen LogP contribution in [0.1, 0.15) is 24.4 Å². The van der Waals surface area contributed by atoms with Gasteiger partial charge in [0.1, 0.15) is 0 Å². The number of aromatic nitrogens is 2. The van der Waals surface area contributed by atoms with E-state index in [9.17, 15) is 4.79 Å². The second-order valence-electron chi connectivity index (χ2n) is 5.26. The Morgan fingerprint density at radius 2 is 2.05 bits per heavy atom. The molecule has 1 amide bonds. The van der Waals surface area contributed by atoms with Crippen LogP contribution in [-0.4, -0.2) is 28.9 Å². The van der Waals surface area contributed by atoms with Crippen molar-refractivity contribution in [1.82, 2.24) is 9.78 Å². The van der Waals surface area contributed by atoms with E-state index in [0.29, 0.717) is 12.5 Å². The Morgan fingerprint density at radius 1 is 1.29 bits per heavy atom. The van der Waals surface area contributed by atoms with Gasteiger partial charge < -0.3 is 10.1 Å². The van der Waals surface area contributed by atoms with Crippen LogP contribution >= 0.6 is 0 Å². The van der Waals surface area contributed by atoms with Gasteiger partial charge in [-0.1, -0.05) is 30.3 Å². The Labute approximate surface area is 123 Å². The van der Waals surface area contributed by atoms with Gasteiger partial charge in [0.05, 0.1) is 24.3 Å². The van der Waals surface area contributed by atoms with Crippen LogP contribution in [0.2, 0.25) is 0 Å². The summed E-state index contributed by atoms with van der Waals surface area (Å²) in [4.78, 5) is 12.0. The van der Waals surface area contributed by atoms with Crippen LogP contribution in [-0.2, 0) is 16.0 Å². The average Bonchev–Trinajstić information content (AvgIpc) is 2.97. The molecule has 0 spiro atoms. The molecule has 5 nitrogen and oxygen atoms in total. The average molecular weight is 285 g/mol. The van der Waals surface area contributed by atoms with Gasteiger partial charge in [-0.3, -0.25) is 9.48 Å². The van der Waals surface area contributed by atoms with Gasteiger partial charge in [0.2, 0.25) is 5.91 Å². The predicted octanol–water partition coefficient (Wildman–Crippen LogP) is 2.42. The molecule has 2 aromatic rings. The summed E-state index contributed by atoms with van der Waals surface area (Å²) in [7, 11) is 0. The van der Waals surface area contributed by atoms with Crippen LogP contribution in [0.3, 0.4) is 0 Å². The van der Waals surface area contributed by atoms with Crippen molar-refractivity contribution in [1.29, 1.82) is 0 Å². The summed E-state index contributed by atoms with van der Waals surface area (Å²) < 4.78 is 7.28. The molecule has 1 aromatic carbocycles. The molecule has 0 saturated carbocycles.